The predicted molar refractivity (Wildman–Crippen MR) is 110 cm³/mol. The molecule has 0 aliphatic heterocycles. The number of aliphatic hydroxyl groups excluding tert-OH is 1. The van der Waals surface area contributed by atoms with Gasteiger partial charge in [0, 0.05) is 38.4 Å². The first-order chi connectivity index (χ1) is 11.1. The Labute approximate surface area is 162 Å². The lowest BCUT2D eigenvalue weighted by atomic mass is 9.93. The van der Waals surface area contributed by atoms with Gasteiger partial charge in [-0.25, -0.2) is 9.98 Å². The van der Waals surface area contributed by atoms with Gasteiger partial charge in [0.1, 0.15) is 5.82 Å². The number of aliphatic hydroxyl groups is 1. The van der Waals surface area contributed by atoms with Gasteiger partial charge in [0.2, 0.25) is 0 Å². The smallest absolute Gasteiger partial charge is 0.191 e. The van der Waals surface area contributed by atoms with Crippen molar-refractivity contribution in [3.63, 3.8) is 0 Å². The molecule has 0 radical (unpaired) electrons. The molecule has 0 saturated heterocycles. The summed E-state index contributed by atoms with van der Waals surface area (Å²) in [6.45, 7) is 3.48. The molecule has 1 aromatic heterocycles. The zero-order chi connectivity index (χ0) is 16.7. The fourth-order valence-electron chi connectivity index (χ4n) is 2.85. The van der Waals surface area contributed by atoms with E-state index >= 15 is 0 Å². The highest BCUT2D eigenvalue weighted by atomic mass is 127. The third-order valence-electron chi connectivity index (χ3n) is 4.08. The average Bonchev–Trinajstić information content (AvgIpc) is 2.55. The lowest BCUT2D eigenvalue weighted by Crippen LogP contribution is -2.45. The Bertz CT molecular complexity index is 515. The normalized spacial score (nSPS) is 20.9. The molecule has 24 heavy (non-hydrogen) atoms. The summed E-state index contributed by atoms with van der Waals surface area (Å²) in [5, 5.41) is 16.4. The van der Waals surface area contributed by atoms with Crippen molar-refractivity contribution in [3.05, 3.63) is 23.9 Å². The Morgan fingerprint density at radius 2 is 2.04 bits per heavy atom. The standard InChI is InChI=1S/C17H29N5O.HI/c1-4-18-17(21-14-7-9-15(23)10-8-14)20-12-13-6-5-11-19-16(13)22(2)3;/h5-6,11,14-15,23H,4,7-10,12H2,1-3H3,(H2,18,20,21);1H. The number of hydrogen-bond donors (Lipinski definition) is 3. The van der Waals surface area contributed by atoms with Crippen LogP contribution in [0, 0.1) is 0 Å². The largest absolute Gasteiger partial charge is 0.393 e. The summed E-state index contributed by atoms with van der Waals surface area (Å²) in [4.78, 5) is 11.1. The van der Waals surface area contributed by atoms with Crippen molar-refractivity contribution < 1.29 is 5.11 Å². The number of nitrogens with zero attached hydrogens (tertiary/aromatic N) is 3. The van der Waals surface area contributed by atoms with E-state index in [0.29, 0.717) is 12.6 Å². The van der Waals surface area contributed by atoms with Gasteiger partial charge < -0.3 is 20.6 Å². The minimum Gasteiger partial charge on any atom is -0.393 e. The van der Waals surface area contributed by atoms with E-state index in [9.17, 15) is 5.11 Å². The van der Waals surface area contributed by atoms with Gasteiger partial charge in [-0.3, -0.25) is 0 Å². The number of anilines is 1. The summed E-state index contributed by atoms with van der Waals surface area (Å²) in [5.74, 6) is 1.79. The van der Waals surface area contributed by atoms with Crippen LogP contribution < -0.4 is 15.5 Å². The van der Waals surface area contributed by atoms with E-state index in [1.54, 1.807) is 6.20 Å². The third kappa shape index (κ3) is 6.43. The first-order valence-electron chi connectivity index (χ1n) is 8.44. The van der Waals surface area contributed by atoms with E-state index in [1.165, 1.54) is 0 Å². The Morgan fingerprint density at radius 1 is 1.33 bits per heavy atom. The number of guanidine groups is 1. The van der Waals surface area contributed by atoms with Crippen molar-refractivity contribution in [1.82, 2.24) is 15.6 Å². The number of aromatic nitrogens is 1. The highest BCUT2D eigenvalue weighted by Crippen LogP contribution is 2.18. The molecule has 1 aromatic rings. The fraction of sp³-hybridized carbons (Fsp3) is 0.647. The van der Waals surface area contributed by atoms with Crippen molar-refractivity contribution in [2.45, 2.75) is 51.3 Å². The molecule has 0 bridgehead atoms. The second kappa shape index (κ2) is 10.7. The zero-order valence-corrected chi connectivity index (χ0v) is 17.2. The van der Waals surface area contributed by atoms with Crippen molar-refractivity contribution in [2.24, 2.45) is 4.99 Å². The lowest BCUT2D eigenvalue weighted by Gasteiger charge is -2.27. The molecular weight excluding hydrogens is 417 g/mol. The van der Waals surface area contributed by atoms with E-state index in [0.717, 1.165) is 49.6 Å². The molecule has 2 rings (SSSR count). The minimum absolute atomic E-state index is 0. The number of pyridine rings is 1. The zero-order valence-electron chi connectivity index (χ0n) is 14.8. The van der Waals surface area contributed by atoms with E-state index in [-0.39, 0.29) is 30.1 Å². The van der Waals surface area contributed by atoms with Gasteiger partial charge in [-0.05, 0) is 38.7 Å². The Balaban J connectivity index is 0.00000288. The molecule has 1 aliphatic rings. The summed E-state index contributed by atoms with van der Waals surface area (Å²) in [5.41, 5.74) is 1.11. The van der Waals surface area contributed by atoms with Crippen molar-refractivity contribution in [2.75, 3.05) is 25.5 Å². The highest BCUT2D eigenvalue weighted by molar-refractivity contribution is 14.0. The van der Waals surface area contributed by atoms with Gasteiger partial charge in [-0.2, -0.15) is 0 Å². The third-order valence-corrected chi connectivity index (χ3v) is 4.08. The molecule has 136 valence electrons. The maximum Gasteiger partial charge on any atom is 0.191 e. The molecule has 0 atom stereocenters. The monoisotopic (exact) mass is 447 g/mol. The van der Waals surface area contributed by atoms with Crippen LogP contribution in [-0.4, -0.2) is 48.8 Å². The summed E-state index contributed by atoms with van der Waals surface area (Å²) in [6, 6.07) is 4.39. The fourth-order valence-corrected chi connectivity index (χ4v) is 2.85. The molecule has 0 amide bonds. The van der Waals surface area contributed by atoms with Crippen LogP contribution >= 0.6 is 24.0 Å². The first-order valence-corrected chi connectivity index (χ1v) is 8.44. The average molecular weight is 447 g/mol. The number of hydrogen-bond acceptors (Lipinski definition) is 4. The van der Waals surface area contributed by atoms with Crippen LogP contribution in [0.4, 0.5) is 5.82 Å². The molecule has 1 saturated carbocycles. The molecule has 1 fully saturated rings. The summed E-state index contributed by atoms with van der Waals surface area (Å²) in [7, 11) is 3.98. The quantitative estimate of drug-likeness (QED) is 0.367. The molecule has 6 nitrogen and oxygen atoms in total. The van der Waals surface area contributed by atoms with Crippen LogP contribution in [0.15, 0.2) is 23.3 Å². The molecule has 0 unspecified atom stereocenters. The number of rotatable bonds is 5. The van der Waals surface area contributed by atoms with Crippen molar-refractivity contribution >= 4 is 35.8 Å². The molecule has 1 heterocycles. The first kappa shape index (κ1) is 21.0. The molecule has 0 spiro atoms. The predicted octanol–water partition coefficient (Wildman–Crippen LogP) is 2.12. The second-order valence-electron chi connectivity index (χ2n) is 6.23. The van der Waals surface area contributed by atoms with E-state index < -0.39 is 0 Å². The van der Waals surface area contributed by atoms with Gasteiger partial charge in [-0.15, -0.1) is 24.0 Å². The molecule has 7 heteroatoms. The topological polar surface area (TPSA) is 72.8 Å². The SMILES string of the molecule is CCNC(=NCc1cccnc1N(C)C)NC1CCC(O)CC1.I. The number of aliphatic imine (C=N–C) groups is 1. The highest BCUT2D eigenvalue weighted by Gasteiger charge is 2.20. The number of halogens is 1. The van der Waals surface area contributed by atoms with Crippen molar-refractivity contribution in [3.8, 4) is 0 Å². The van der Waals surface area contributed by atoms with Gasteiger partial charge in [0.05, 0.1) is 12.6 Å². The van der Waals surface area contributed by atoms with Gasteiger partial charge in [0.25, 0.3) is 0 Å². The molecule has 1 aliphatic carbocycles. The summed E-state index contributed by atoms with van der Waals surface area (Å²) < 4.78 is 0. The van der Waals surface area contributed by atoms with Crippen LogP contribution in [0.5, 0.6) is 0 Å². The summed E-state index contributed by atoms with van der Waals surface area (Å²) in [6.07, 6.45) is 5.38. The molecule has 0 aromatic carbocycles. The molecular formula is C17H30IN5O. The van der Waals surface area contributed by atoms with E-state index in [2.05, 4.69) is 28.6 Å². The second-order valence-corrected chi connectivity index (χ2v) is 6.23. The Kier molecular flexibility index (Phi) is 9.35. The van der Waals surface area contributed by atoms with E-state index in [4.69, 9.17) is 4.99 Å². The maximum atomic E-state index is 9.61. The Hall–Kier alpha value is -1.09. The van der Waals surface area contributed by atoms with Crippen molar-refractivity contribution in [1.29, 1.82) is 0 Å². The number of nitrogens with one attached hydrogen (secondary N) is 2. The lowest BCUT2D eigenvalue weighted by molar-refractivity contribution is 0.120. The van der Waals surface area contributed by atoms with Crippen LogP contribution in [0.1, 0.15) is 38.2 Å². The van der Waals surface area contributed by atoms with Gasteiger partial charge in [0.15, 0.2) is 5.96 Å². The van der Waals surface area contributed by atoms with Crippen LogP contribution in [-0.2, 0) is 6.54 Å². The van der Waals surface area contributed by atoms with Crippen LogP contribution in [0.2, 0.25) is 0 Å². The van der Waals surface area contributed by atoms with E-state index in [1.807, 2.05) is 25.1 Å². The van der Waals surface area contributed by atoms with Gasteiger partial charge >= 0.3 is 0 Å². The maximum absolute atomic E-state index is 9.61. The molecule has 3 N–H and O–H groups in total. The van der Waals surface area contributed by atoms with Gasteiger partial charge in [-0.1, -0.05) is 6.07 Å². The minimum atomic E-state index is -0.134. The van der Waals surface area contributed by atoms with Crippen LogP contribution in [0.25, 0.3) is 0 Å². The Morgan fingerprint density at radius 3 is 2.67 bits per heavy atom. The summed E-state index contributed by atoms with van der Waals surface area (Å²) >= 11 is 0. The van der Waals surface area contributed by atoms with Crippen LogP contribution in [0.3, 0.4) is 0 Å².